The van der Waals surface area contributed by atoms with Crippen LogP contribution in [0.4, 0.5) is 0 Å². The van der Waals surface area contributed by atoms with Gasteiger partial charge in [-0.1, -0.05) is 56.3 Å². The van der Waals surface area contributed by atoms with Crippen molar-refractivity contribution in [1.82, 2.24) is 4.90 Å². The van der Waals surface area contributed by atoms with Gasteiger partial charge in [0.1, 0.15) is 5.58 Å². The van der Waals surface area contributed by atoms with Crippen LogP contribution in [0.1, 0.15) is 30.6 Å². The molecule has 0 saturated heterocycles. The zero-order valence-electron chi connectivity index (χ0n) is 16.7. The number of para-hydroxylation sites is 1. The summed E-state index contributed by atoms with van der Waals surface area (Å²) in [4.78, 5) is 28.1. The molecule has 2 aromatic carbocycles. The molecule has 5 nitrogen and oxygen atoms in total. The predicted octanol–water partition coefficient (Wildman–Crippen LogP) is 4.77. The molecule has 0 unspecified atom stereocenters. The molecule has 0 radical (unpaired) electrons. The van der Waals surface area contributed by atoms with Gasteiger partial charge in [0.15, 0.2) is 11.3 Å². The number of esters is 1. The fraction of sp³-hybridized carbons (Fsp3) is 0.304. The molecule has 6 heteroatoms. The minimum atomic E-state index is -0.641. The molecule has 0 fully saturated rings. The normalized spacial score (nSPS) is 10.7. The summed E-state index contributed by atoms with van der Waals surface area (Å²) in [6.45, 7) is 7.21. The topological polar surface area (TPSA) is 59.8 Å². The molecule has 29 heavy (non-hydrogen) atoms. The molecule has 3 rings (SSSR count). The number of rotatable bonds is 8. The average molecular weight is 416 g/mol. The van der Waals surface area contributed by atoms with Crippen molar-refractivity contribution in [2.75, 3.05) is 26.2 Å². The zero-order chi connectivity index (χ0) is 19.9. The van der Waals surface area contributed by atoms with Gasteiger partial charge >= 0.3 is 5.97 Å². The highest BCUT2D eigenvalue weighted by Crippen LogP contribution is 2.26. The maximum Gasteiger partial charge on any atom is 0.346 e. The van der Waals surface area contributed by atoms with Gasteiger partial charge in [-0.2, -0.15) is 0 Å². The van der Waals surface area contributed by atoms with E-state index in [1.165, 1.54) is 0 Å². The quantitative estimate of drug-likeness (QED) is 0.391. The smallest absolute Gasteiger partial charge is 0.346 e. The molecule has 0 aliphatic carbocycles. The van der Waals surface area contributed by atoms with E-state index in [2.05, 4.69) is 18.7 Å². The lowest BCUT2D eigenvalue weighted by Gasteiger charge is -2.17. The summed E-state index contributed by atoms with van der Waals surface area (Å²) in [5, 5.41) is 0.372. The summed E-state index contributed by atoms with van der Waals surface area (Å²) in [6, 6.07) is 16.1. The van der Waals surface area contributed by atoms with Gasteiger partial charge in [-0.15, -0.1) is 12.4 Å². The van der Waals surface area contributed by atoms with Crippen molar-refractivity contribution >= 4 is 29.3 Å². The van der Waals surface area contributed by atoms with Gasteiger partial charge in [0, 0.05) is 12.1 Å². The maximum absolute atomic E-state index is 13.0. The van der Waals surface area contributed by atoms with Crippen LogP contribution in [0.2, 0.25) is 0 Å². The van der Waals surface area contributed by atoms with Crippen molar-refractivity contribution in [3.63, 3.8) is 0 Å². The number of fused-ring (bicyclic) bond motifs is 1. The lowest BCUT2D eigenvalue weighted by molar-refractivity contribution is 0.0487. The Balaban J connectivity index is 0.00000300. The second kappa shape index (κ2) is 10.8. The highest BCUT2D eigenvalue weighted by Gasteiger charge is 2.23. The van der Waals surface area contributed by atoms with Crippen molar-refractivity contribution in [2.45, 2.75) is 20.3 Å². The van der Waals surface area contributed by atoms with Crippen molar-refractivity contribution < 1.29 is 13.9 Å². The number of carbonyl (C=O) groups excluding carboxylic acids is 1. The van der Waals surface area contributed by atoms with Gasteiger partial charge in [-0.3, -0.25) is 4.79 Å². The zero-order valence-corrected chi connectivity index (χ0v) is 17.5. The fourth-order valence-electron chi connectivity index (χ4n) is 3.19. The Labute approximate surface area is 176 Å². The van der Waals surface area contributed by atoms with E-state index in [1.807, 2.05) is 30.3 Å². The van der Waals surface area contributed by atoms with Gasteiger partial charge in [0.05, 0.1) is 12.0 Å². The first kappa shape index (κ1) is 22.7. The number of carbonyl (C=O) groups is 1. The number of benzene rings is 2. The second-order valence-corrected chi connectivity index (χ2v) is 6.51. The Morgan fingerprint density at radius 1 is 1.00 bits per heavy atom. The number of nitrogens with zero attached hydrogens (tertiary/aromatic N) is 1. The molecule has 0 saturated carbocycles. The third-order valence-electron chi connectivity index (χ3n) is 4.78. The SMILES string of the molecule is CCN(CC)CCCOC(=O)c1c(-c2ccccc2)oc2ccccc2c1=O.Cl. The first-order chi connectivity index (χ1) is 13.7. The molecule has 0 amide bonds. The summed E-state index contributed by atoms with van der Waals surface area (Å²) in [5.74, 6) is -0.393. The van der Waals surface area contributed by atoms with Crippen LogP contribution in [-0.4, -0.2) is 37.1 Å². The second-order valence-electron chi connectivity index (χ2n) is 6.51. The van der Waals surface area contributed by atoms with Crippen molar-refractivity contribution in [2.24, 2.45) is 0 Å². The molecule has 154 valence electrons. The molecule has 0 aliphatic rings. The van der Waals surface area contributed by atoms with Gasteiger partial charge in [0.2, 0.25) is 5.43 Å². The molecule has 3 aromatic rings. The molecule has 0 spiro atoms. The van der Waals surface area contributed by atoms with E-state index in [9.17, 15) is 9.59 Å². The van der Waals surface area contributed by atoms with Gasteiger partial charge < -0.3 is 14.1 Å². The molecule has 1 heterocycles. The Hall–Kier alpha value is -2.63. The van der Waals surface area contributed by atoms with E-state index >= 15 is 0 Å². The summed E-state index contributed by atoms with van der Waals surface area (Å²) in [6.07, 6.45) is 0.715. The predicted molar refractivity (Wildman–Crippen MR) is 118 cm³/mol. The third kappa shape index (κ3) is 5.25. The Kier molecular flexibility index (Phi) is 8.43. The van der Waals surface area contributed by atoms with Crippen LogP contribution >= 0.6 is 12.4 Å². The van der Waals surface area contributed by atoms with Crippen molar-refractivity contribution in [3.8, 4) is 11.3 Å². The van der Waals surface area contributed by atoms with E-state index in [-0.39, 0.29) is 35.8 Å². The van der Waals surface area contributed by atoms with Crippen LogP contribution in [0.15, 0.2) is 63.8 Å². The number of halogens is 1. The van der Waals surface area contributed by atoms with E-state index in [4.69, 9.17) is 9.15 Å². The maximum atomic E-state index is 13.0. The number of hydrogen-bond acceptors (Lipinski definition) is 5. The van der Waals surface area contributed by atoms with Crippen LogP contribution < -0.4 is 5.43 Å². The molecular weight excluding hydrogens is 390 g/mol. The highest BCUT2D eigenvalue weighted by molar-refractivity contribution is 5.99. The lowest BCUT2D eigenvalue weighted by atomic mass is 10.0. The standard InChI is InChI=1S/C23H25NO4.ClH/c1-3-24(4-2)15-10-16-27-23(26)20-21(25)18-13-8-9-14-19(18)28-22(20)17-11-6-5-7-12-17;/h5-9,11-14H,3-4,10,15-16H2,1-2H3;1H. The summed E-state index contributed by atoms with van der Waals surface area (Å²) < 4.78 is 11.4. The van der Waals surface area contributed by atoms with E-state index in [0.717, 1.165) is 19.6 Å². The lowest BCUT2D eigenvalue weighted by Crippen LogP contribution is -2.26. The molecular formula is C23H26ClNO4. The molecule has 0 aliphatic heterocycles. The molecule has 0 N–H and O–H groups in total. The number of hydrogen-bond donors (Lipinski definition) is 0. The first-order valence-electron chi connectivity index (χ1n) is 9.66. The largest absolute Gasteiger partial charge is 0.462 e. The van der Waals surface area contributed by atoms with Crippen LogP contribution in [0.5, 0.6) is 0 Å². The van der Waals surface area contributed by atoms with E-state index < -0.39 is 5.97 Å². The van der Waals surface area contributed by atoms with Crippen molar-refractivity contribution in [1.29, 1.82) is 0 Å². The van der Waals surface area contributed by atoms with Crippen LogP contribution in [0.3, 0.4) is 0 Å². The Morgan fingerprint density at radius 2 is 1.66 bits per heavy atom. The average Bonchev–Trinajstić information content (AvgIpc) is 2.74. The molecule has 0 bridgehead atoms. The minimum Gasteiger partial charge on any atom is -0.462 e. The van der Waals surface area contributed by atoms with Crippen LogP contribution in [0, 0.1) is 0 Å². The molecule has 1 aromatic heterocycles. The fourth-order valence-corrected chi connectivity index (χ4v) is 3.19. The molecule has 0 atom stereocenters. The number of ether oxygens (including phenoxy) is 1. The first-order valence-corrected chi connectivity index (χ1v) is 9.66. The van der Waals surface area contributed by atoms with E-state index in [1.54, 1.807) is 24.3 Å². The van der Waals surface area contributed by atoms with Crippen LogP contribution in [0.25, 0.3) is 22.3 Å². The van der Waals surface area contributed by atoms with Gasteiger partial charge in [-0.05, 0) is 31.6 Å². The van der Waals surface area contributed by atoms with Crippen molar-refractivity contribution in [3.05, 3.63) is 70.4 Å². The summed E-state index contributed by atoms with van der Waals surface area (Å²) in [7, 11) is 0. The van der Waals surface area contributed by atoms with E-state index in [0.29, 0.717) is 23.0 Å². The minimum absolute atomic E-state index is 0. The summed E-state index contributed by atoms with van der Waals surface area (Å²) in [5.41, 5.74) is 0.701. The third-order valence-corrected chi connectivity index (χ3v) is 4.78. The van der Waals surface area contributed by atoms with Crippen LogP contribution in [-0.2, 0) is 4.74 Å². The monoisotopic (exact) mass is 415 g/mol. The van der Waals surface area contributed by atoms with Gasteiger partial charge in [0.25, 0.3) is 0 Å². The highest BCUT2D eigenvalue weighted by atomic mass is 35.5. The Bertz CT molecular complexity index is 997. The van der Waals surface area contributed by atoms with Gasteiger partial charge in [-0.25, -0.2) is 4.79 Å². The Morgan fingerprint density at radius 3 is 2.34 bits per heavy atom. The summed E-state index contributed by atoms with van der Waals surface area (Å²) >= 11 is 0.